The molecule has 1 saturated heterocycles. The maximum atomic E-state index is 13.6. The lowest BCUT2D eigenvalue weighted by molar-refractivity contribution is -0.143. The molecule has 1 aliphatic rings. The maximum Gasteiger partial charge on any atom is 0.321 e. The number of aliphatic carboxylic acids is 1. The van der Waals surface area contributed by atoms with E-state index in [1.807, 2.05) is 0 Å². The molecule has 1 aromatic carbocycles. The summed E-state index contributed by atoms with van der Waals surface area (Å²) >= 11 is 3.13. The molecule has 0 spiro atoms. The lowest BCUT2D eigenvalue weighted by Crippen LogP contribution is -2.44. The molecule has 0 aliphatic carbocycles. The summed E-state index contributed by atoms with van der Waals surface area (Å²) in [6.45, 7) is 0.632. The van der Waals surface area contributed by atoms with Crippen LogP contribution in [0, 0.1) is 11.7 Å². The molecule has 0 radical (unpaired) electrons. The number of carbonyl (C=O) groups is 2. The molecule has 0 unspecified atom stereocenters. The Labute approximate surface area is 123 Å². The summed E-state index contributed by atoms with van der Waals surface area (Å²) in [4.78, 5) is 24.4. The molecule has 2 N–H and O–H groups in total. The van der Waals surface area contributed by atoms with Crippen molar-refractivity contribution < 1.29 is 19.1 Å². The van der Waals surface area contributed by atoms with Crippen molar-refractivity contribution in [3.05, 3.63) is 28.5 Å². The fraction of sp³-hybridized carbons (Fsp3) is 0.385. The van der Waals surface area contributed by atoms with Crippen LogP contribution in [0.5, 0.6) is 0 Å². The van der Waals surface area contributed by atoms with Crippen molar-refractivity contribution in [2.45, 2.75) is 12.8 Å². The second-order valence-corrected chi connectivity index (χ2v) is 5.59. The molecule has 0 saturated carbocycles. The maximum absolute atomic E-state index is 13.6. The number of piperidine rings is 1. The summed E-state index contributed by atoms with van der Waals surface area (Å²) in [7, 11) is 0. The number of rotatable bonds is 2. The largest absolute Gasteiger partial charge is 0.481 e. The SMILES string of the molecule is O=C(O)[C@@H]1CCCN(C(=O)Nc2ccc(Br)cc2F)C1. The minimum absolute atomic E-state index is 0.0793. The predicted octanol–water partition coefficient (Wildman–Crippen LogP) is 2.92. The molecular weight excluding hydrogens is 331 g/mol. The number of carboxylic acid groups (broad SMARTS) is 1. The third kappa shape index (κ3) is 3.47. The van der Waals surface area contributed by atoms with Gasteiger partial charge in [-0.05, 0) is 31.0 Å². The Morgan fingerprint density at radius 1 is 1.45 bits per heavy atom. The molecule has 1 fully saturated rings. The monoisotopic (exact) mass is 344 g/mol. The minimum Gasteiger partial charge on any atom is -0.481 e. The van der Waals surface area contributed by atoms with Crippen molar-refractivity contribution in [1.82, 2.24) is 4.90 Å². The van der Waals surface area contributed by atoms with E-state index in [1.165, 1.54) is 17.0 Å². The quantitative estimate of drug-likeness (QED) is 0.866. The highest BCUT2D eigenvalue weighted by molar-refractivity contribution is 9.10. The van der Waals surface area contributed by atoms with Gasteiger partial charge < -0.3 is 15.3 Å². The van der Waals surface area contributed by atoms with Crippen LogP contribution in [0.15, 0.2) is 22.7 Å². The minimum atomic E-state index is -0.905. The second-order valence-electron chi connectivity index (χ2n) is 4.68. The molecule has 1 aliphatic heterocycles. The van der Waals surface area contributed by atoms with E-state index in [4.69, 9.17) is 5.11 Å². The summed E-state index contributed by atoms with van der Waals surface area (Å²) in [5, 5.41) is 11.4. The Balaban J connectivity index is 2.02. The molecule has 2 rings (SSSR count). The van der Waals surface area contributed by atoms with Gasteiger partial charge in [-0.15, -0.1) is 0 Å². The van der Waals surface area contributed by atoms with Crippen molar-refractivity contribution in [3.63, 3.8) is 0 Å². The highest BCUT2D eigenvalue weighted by atomic mass is 79.9. The van der Waals surface area contributed by atoms with E-state index in [-0.39, 0.29) is 12.2 Å². The molecule has 0 aromatic heterocycles. The number of carbonyl (C=O) groups excluding carboxylic acids is 1. The number of halogens is 2. The zero-order valence-electron chi connectivity index (χ0n) is 10.6. The van der Waals surface area contributed by atoms with Crippen LogP contribution in [0.2, 0.25) is 0 Å². The molecule has 2 amide bonds. The first-order valence-corrected chi connectivity index (χ1v) is 7.00. The Morgan fingerprint density at radius 3 is 2.85 bits per heavy atom. The number of likely N-dealkylation sites (tertiary alicyclic amines) is 1. The van der Waals surface area contributed by atoms with Crippen LogP contribution in [0.3, 0.4) is 0 Å². The number of nitrogens with one attached hydrogen (secondary N) is 1. The number of hydrogen-bond donors (Lipinski definition) is 2. The van der Waals surface area contributed by atoms with Gasteiger partial charge in [0.25, 0.3) is 0 Å². The van der Waals surface area contributed by atoms with E-state index in [0.717, 1.165) is 0 Å². The van der Waals surface area contributed by atoms with Crippen LogP contribution >= 0.6 is 15.9 Å². The van der Waals surface area contributed by atoms with Gasteiger partial charge in [0.15, 0.2) is 0 Å². The van der Waals surface area contributed by atoms with Crippen LogP contribution in [-0.2, 0) is 4.79 Å². The number of anilines is 1. The van der Waals surface area contributed by atoms with Crippen LogP contribution in [0.25, 0.3) is 0 Å². The van der Waals surface area contributed by atoms with Crippen molar-refractivity contribution in [3.8, 4) is 0 Å². The lowest BCUT2D eigenvalue weighted by atomic mass is 9.99. The summed E-state index contributed by atoms with van der Waals surface area (Å²) in [5.74, 6) is -2.00. The standard InChI is InChI=1S/C13H14BrFN2O3/c14-9-3-4-11(10(15)6-9)16-13(20)17-5-1-2-8(7-17)12(18)19/h3-4,6,8H,1-2,5,7H2,(H,16,20)(H,18,19)/t8-/m1/s1. The molecule has 0 bridgehead atoms. The van der Waals surface area contributed by atoms with Crippen LogP contribution < -0.4 is 5.32 Å². The third-order valence-corrected chi connectivity index (χ3v) is 3.72. The van der Waals surface area contributed by atoms with Crippen molar-refractivity contribution in [2.75, 3.05) is 18.4 Å². The van der Waals surface area contributed by atoms with Crippen molar-refractivity contribution in [2.24, 2.45) is 5.92 Å². The normalized spacial score (nSPS) is 18.7. The summed E-state index contributed by atoms with van der Waals surface area (Å²) < 4.78 is 14.2. The predicted molar refractivity (Wildman–Crippen MR) is 75.1 cm³/mol. The highest BCUT2D eigenvalue weighted by Gasteiger charge is 2.28. The van der Waals surface area contributed by atoms with Crippen LogP contribution in [0.1, 0.15) is 12.8 Å². The molecule has 1 atom stereocenters. The van der Waals surface area contributed by atoms with E-state index < -0.39 is 23.7 Å². The number of nitrogens with zero attached hydrogens (tertiary/aromatic N) is 1. The first kappa shape index (κ1) is 14.8. The Bertz CT molecular complexity index is 538. The number of benzene rings is 1. The first-order chi connectivity index (χ1) is 9.47. The molecule has 7 heteroatoms. The van der Waals surface area contributed by atoms with E-state index in [1.54, 1.807) is 6.07 Å². The van der Waals surface area contributed by atoms with Gasteiger partial charge in [0.05, 0.1) is 11.6 Å². The highest BCUT2D eigenvalue weighted by Crippen LogP contribution is 2.21. The van der Waals surface area contributed by atoms with Gasteiger partial charge in [-0.3, -0.25) is 4.79 Å². The third-order valence-electron chi connectivity index (χ3n) is 3.23. The molecule has 5 nitrogen and oxygen atoms in total. The average Bonchev–Trinajstić information content (AvgIpc) is 2.42. The van der Waals surface area contributed by atoms with Gasteiger partial charge in [0, 0.05) is 17.6 Å². The van der Waals surface area contributed by atoms with E-state index in [2.05, 4.69) is 21.2 Å². The number of amides is 2. The van der Waals surface area contributed by atoms with Crippen molar-refractivity contribution in [1.29, 1.82) is 0 Å². The Hall–Kier alpha value is -1.63. The number of hydrogen-bond acceptors (Lipinski definition) is 2. The molecule has 20 heavy (non-hydrogen) atoms. The van der Waals surface area contributed by atoms with Gasteiger partial charge >= 0.3 is 12.0 Å². The van der Waals surface area contributed by atoms with Crippen molar-refractivity contribution >= 4 is 33.6 Å². The van der Waals surface area contributed by atoms with Gasteiger partial charge in [-0.1, -0.05) is 15.9 Å². The topological polar surface area (TPSA) is 69.6 Å². The second kappa shape index (κ2) is 6.21. The molecular formula is C13H14BrFN2O3. The summed E-state index contributed by atoms with van der Waals surface area (Å²) in [6, 6.07) is 3.86. The molecule has 1 heterocycles. The molecule has 1 aromatic rings. The molecule has 108 valence electrons. The van der Waals surface area contributed by atoms with Gasteiger partial charge in [-0.2, -0.15) is 0 Å². The smallest absolute Gasteiger partial charge is 0.321 e. The first-order valence-electron chi connectivity index (χ1n) is 6.21. The van der Waals surface area contributed by atoms with Gasteiger partial charge in [0.2, 0.25) is 0 Å². The van der Waals surface area contributed by atoms with E-state index in [9.17, 15) is 14.0 Å². The van der Waals surface area contributed by atoms with Gasteiger partial charge in [0.1, 0.15) is 5.82 Å². The summed E-state index contributed by atoms with van der Waals surface area (Å²) in [5.41, 5.74) is 0.0793. The fourth-order valence-electron chi connectivity index (χ4n) is 2.15. The van der Waals surface area contributed by atoms with Crippen LogP contribution in [-0.4, -0.2) is 35.1 Å². The number of carboxylic acids is 1. The van der Waals surface area contributed by atoms with Gasteiger partial charge in [-0.25, -0.2) is 9.18 Å². The Kier molecular flexibility index (Phi) is 4.59. The fourth-order valence-corrected chi connectivity index (χ4v) is 2.48. The zero-order chi connectivity index (χ0) is 14.7. The Morgan fingerprint density at radius 2 is 2.20 bits per heavy atom. The summed E-state index contributed by atoms with van der Waals surface area (Å²) in [6.07, 6.45) is 1.19. The van der Waals surface area contributed by atoms with E-state index in [0.29, 0.717) is 23.9 Å². The van der Waals surface area contributed by atoms with E-state index >= 15 is 0 Å². The average molecular weight is 345 g/mol. The number of urea groups is 1. The lowest BCUT2D eigenvalue weighted by Gasteiger charge is -2.30. The van der Waals surface area contributed by atoms with Crippen LogP contribution in [0.4, 0.5) is 14.9 Å². The zero-order valence-corrected chi connectivity index (χ0v) is 12.2.